The summed E-state index contributed by atoms with van der Waals surface area (Å²) in [6.07, 6.45) is 0. The number of rotatable bonds is 4. The number of anilines is 1. The normalized spacial score (nSPS) is 10.8. The number of aromatic nitrogens is 3. The van der Waals surface area contributed by atoms with E-state index in [0.717, 1.165) is 26.9 Å². The molecule has 1 amide bonds. The molecule has 4 rings (SSSR count). The minimum atomic E-state index is -0.420. The summed E-state index contributed by atoms with van der Waals surface area (Å²) in [5.74, 6) is 0.221. The Morgan fingerprint density at radius 2 is 1.77 bits per heavy atom. The molecule has 1 heterocycles. The highest BCUT2D eigenvalue weighted by Crippen LogP contribution is 2.27. The van der Waals surface area contributed by atoms with Crippen molar-refractivity contribution in [3.05, 3.63) is 93.2 Å². The molecule has 0 aliphatic heterocycles. The van der Waals surface area contributed by atoms with Gasteiger partial charge < -0.3 is 5.32 Å². The Morgan fingerprint density at radius 3 is 2.47 bits per heavy atom. The molecule has 1 aromatic heterocycles. The quantitative estimate of drug-likeness (QED) is 0.376. The van der Waals surface area contributed by atoms with Gasteiger partial charge in [0.15, 0.2) is 5.82 Å². The lowest BCUT2D eigenvalue weighted by Gasteiger charge is -2.08. The Kier molecular flexibility index (Phi) is 5.70. The second-order valence-electron chi connectivity index (χ2n) is 6.90. The van der Waals surface area contributed by atoms with E-state index in [0.29, 0.717) is 16.5 Å². The van der Waals surface area contributed by atoms with Crippen molar-refractivity contribution in [3.8, 4) is 17.1 Å². The van der Waals surface area contributed by atoms with Gasteiger partial charge in [0.05, 0.1) is 16.4 Å². The fraction of sp³-hybridized carbons (Fsp3) is 0.0870. The molecule has 0 aliphatic rings. The van der Waals surface area contributed by atoms with Crippen molar-refractivity contribution in [3.63, 3.8) is 0 Å². The predicted molar refractivity (Wildman–Crippen MR) is 123 cm³/mol. The molecule has 0 saturated heterocycles. The summed E-state index contributed by atoms with van der Waals surface area (Å²) in [5.41, 5.74) is 4.18. The van der Waals surface area contributed by atoms with Gasteiger partial charge in [0.25, 0.3) is 5.91 Å². The molecule has 0 radical (unpaired) electrons. The van der Waals surface area contributed by atoms with Gasteiger partial charge in [0, 0.05) is 10.0 Å². The highest BCUT2D eigenvalue weighted by Gasteiger charge is 2.20. The largest absolute Gasteiger partial charge is 0.318 e. The molecule has 0 unspecified atom stereocenters. The van der Waals surface area contributed by atoms with E-state index in [-0.39, 0.29) is 5.82 Å². The second-order valence-corrected chi connectivity index (χ2v) is 8.23. The van der Waals surface area contributed by atoms with Crippen LogP contribution in [-0.2, 0) is 0 Å². The molecule has 5 nitrogen and oxygen atoms in total. The smallest absolute Gasteiger partial charge is 0.295 e. The molecule has 30 heavy (non-hydrogen) atoms. The van der Waals surface area contributed by atoms with Gasteiger partial charge in [-0.1, -0.05) is 63.9 Å². The van der Waals surface area contributed by atoms with Crippen LogP contribution in [0.25, 0.3) is 17.1 Å². The summed E-state index contributed by atoms with van der Waals surface area (Å²) in [6, 6.07) is 21.1. The second kappa shape index (κ2) is 8.42. The molecular weight excluding hydrogens is 464 g/mol. The third-order valence-corrected chi connectivity index (χ3v) is 5.46. The molecule has 150 valence electrons. The number of hydrogen-bond donors (Lipinski definition) is 1. The van der Waals surface area contributed by atoms with Crippen molar-refractivity contribution in [2.75, 3.05) is 5.32 Å². The molecule has 0 saturated carbocycles. The van der Waals surface area contributed by atoms with Crippen LogP contribution < -0.4 is 5.32 Å². The van der Waals surface area contributed by atoms with Gasteiger partial charge in [0.2, 0.25) is 5.82 Å². The summed E-state index contributed by atoms with van der Waals surface area (Å²) in [4.78, 5) is 17.5. The Bertz CT molecular complexity index is 1210. The third-order valence-electron chi connectivity index (χ3n) is 4.62. The van der Waals surface area contributed by atoms with Crippen LogP contribution in [0.15, 0.2) is 71.2 Å². The molecule has 3 aromatic carbocycles. The van der Waals surface area contributed by atoms with Gasteiger partial charge in [-0.15, -0.1) is 5.10 Å². The van der Waals surface area contributed by atoms with Crippen molar-refractivity contribution in [1.29, 1.82) is 0 Å². The van der Waals surface area contributed by atoms with Crippen molar-refractivity contribution >= 4 is 39.1 Å². The maximum absolute atomic E-state index is 13.0. The zero-order valence-corrected chi connectivity index (χ0v) is 18.7. The fourth-order valence-electron chi connectivity index (χ4n) is 3.09. The first-order chi connectivity index (χ1) is 14.4. The number of carbonyl (C=O) groups excluding carboxylic acids is 1. The number of para-hydroxylation sites is 1. The van der Waals surface area contributed by atoms with Gasteiger partial charge in [-0.3, -0.25) is 4.79 Å². The van der Waals surface area contributed by atoms with Gasteiger partial charge in [0.1, 0.15) is 0 Å². The van der Waals surface area contributed by atoms with Crippen LogP contribution in [0.1, 0.15) is 21.7 Å². The molecule has 7 heteroatoms. The Labute approximate surface area is 187 Å². The molecule has 0 atom stereocenters. The van der Waals surface area contributed by atoms with E-state index in [4.69, 9.17) is 11.6 Å². The Hall–Kier alpha value is -2.96. The minimum absolute atomic E-state index is 0.0637. The number of halogens is 2. The monoisotopic (exact) mass is 480 g/mol. The molecule has 4 aromatic rings. The van der Waals surface area contributed by atoms with Crippen LogP contribution >= 0.6 is 27.5 Å². The number of hydrogen-bond acceptors (Lipinski definition) is 3. The Balaban J connectivity index is 1.78. The van der Waals surface area contributed by atoms with E-state index in [1.165, 1.54) is 0 Å². The SMILES string of the molecule is Cc1cccc(-n2nc(C(=O)Nc3c(C)cccc3Cl)nc2-c2ccc(Br)cc2)c1. The fourth-order valence-corrected chi connectivity index (χ4v) is 3.63. The lowest BCUT2D eigenvalue weighted by Crippen LogP contribution is -2.15. The van der Waals surface area contributed by atoms with Crippen molar-refractivity contribution in [1.82, 2.24) is 14.8 Å². The molecule has 0 spiro atoms. The molecule has 0 aliphatic carbocycles. The van der Waals surface area contributed by atoms with E-state index in [2.05, 4.69) is 31.3 Å². The zero-order valence-electron chi connectivity index (χ0n) is 16.4. The lowest BCUT2D eigenvalue weighted by molar-refractivity contribution is 0.101. The summed E-state index contributed by atoms with van der Waals surface area (Å²) >= 11 is 9.71. The van der Waals surface area contributed by atoms with Crippen molar-refractivity contribution in [2.45, 2.75) is 13.8 Å². The number of carbonyl (C=O) groups is 1. The van der Waals surface area contributed by atoms with Crippen LogP contribution in [0.5, 0.6) is 0 Å². The van der Waals surface area contributed by atoms with Gasteiger partial charge >= 0.3 is 0 Å². The summed E-state index contributed by atoms with van der Waals surface area (Å²) in [7, 11) is 0. The van der Waals surface area contributed by atoms with E-state index in [1.54, 1.807) is 10.7 Å². The standard InChI is InChI=1S/C23H18BrClN4O/c1-14-5-3-7-18(13-14)29-22(16-9-11-17(24)12-10-16)27-21(28-29)23(30)26-20-15(2)6-4-8-19(20)25/h3-13H,1-2H3,(H,26,30). The first-order valence-corrected chi connectivity index (χ1v) is 10.5. The number of nitrogens with one attached hydrogen (secondary N) is 1. The molecule has 1 N–H and O–H groups in total. The number of amides is 1. The van der Waals surface area contributed by atoms with Gasteiger partial charge in [-0.25, -0.2) is 9.67 Å². The lowest BCUT2D eigenvalue weighted by atomic mass is 10.2. The van der Waals surface area contributed by atoms with Crippen LogP contribution in [0.4, 0.5) is 5.69 Å². The summed E-state index contributed by atoms with van der Waals surface area (Å²) in [6.45, 7) is 3.89. The third kappa shape index (κ3) is 4.15. The summed E-state index contributed by atoms with van der Waals surface area (Å²) in [5, 5.41) is 7.82. The van der Waals surface area contributed by atoms with E-state index < -0.39 is 5.91 Å². The molecule has 0 fully saturated rings. The first kappa shape index (κ1) is 20.3. The van der Waals surface area contributed by atoms with Crippen LogP contribution in [0, 0.1) is 13.8 Å². The number of benzene rings is 3. The van der Waals surface area contributed by atoms with Crippen LogP contribution in [0.2, 0.25) is 5.02 Å². The molecular formula is C23H18BrClN4O. The van der Waals surface area contributed by atoms with E-state index >= 15 is 0 Å². The molecule has 0 bridgehead atoms. The Morgan fingerprint density at radius 1 is 1.03 bits per heavy atom. The van der Waals surface area contributed by atoms with E-state index in [1.807, 2.05) is 74.5 Å². The predicted octanol–water partition coefficient (Wildman–Crippen LogP) is 6.22. The number of aryl methyl sites for hydroxylation is 2. The highest BCUT2D eigenvalue weighted by atomic mass is 79.9. The van der Waals surface area contributed by atoms with Crippen molar-refractivity contribution < 1.29 is 4.79 Å². The van der Waals surface area contributed by atoms with Gasteiger partial charge in [-0.2, -0.15) is 0 Å². The first-order valence-electron chi connectivity index (χ1n) is 9.29. The highest BCUT2D eigenvalue weighted by molar-refractivity contribution is 9.10. The van der Waals surface area contributed by atoms with Crippen LogP contribution in [0.3, 0.4) is 0 Å². The van der Waals surface area contributed by atoms with Crippen molar-refractivity contribution in [2.24, 2.45) is 0 Å². The maximum Gasteiger partial charge on any atom is 0.295 e. The topological polar surface area (TPSA) is 59.8 Å². The minimum Gasteiger partial charge on any atom is -0.318 e. The zero-order chi connectivity index (χ0) is 21.3. The van der Waals surface area contributed by atoms with Crippen LogP contribution in [-0.4, -0.2) is 20.7 Å². The van der Waals surface area contributed by atoms with E-state index in [9.17, 15) is 4.79 Å². The average Bonchev–Trinajstić information content (AvgIpc) is 3.17. The summed E-state index contributed by atoms with van der Waals surface area (Å²) < 4.78 is 2.64. The van der Waals surface area contributed by atoms with Gasteiger partial charge in [-0.05, 0) is 55.3 Å². The average molecular weight is 482 g/mol. The number of nitrogens with zero attached hydrogens (tertiary/aromatic N) is 3. The maximum atomic E-state index is 13.0.